The van der Waals surface area contributed by atoms with Gasteiger partial charge in [0.15, 0.2) is 5.75 Å². The SMILES string of the molecule is COC(=O)[C@H](Cc1ccccc1)NC(=O)Oc1cc2c(cc1Cl)CCN(C)CC2c1cccc2ccoc12. The number of hydrogen-bond acceptors (Lipinski definition) is 6. The van der Waals surface area contributed by atoms with Crippen molar-refractivity contribution in [3.63, 3.8) is 0 Å². The van der Waals surface area contributed by atoms with Crippen LogP contribution in [0.2, 0.25) is 5.02 Å². The lowest BCUT2D eigenvalue weighted by Crippen LogP contribution is -2.44. The van der Waals surface area contributed by atoms with Crippen molar-refractivity contribution in [2.24, 2.45) is 0 Å². The van der Waals surface area contributed by atoms with E-state index in [4.69, 9.17) is 25.5 Å². The molecule has 2 heterocycles. The molecule has 0 bridgehead atoms. The van der Waals surface area contributed by atoms with Crippen LogP contribution in [-0.2, 0) is 22.4 Å². The lowest BCUT2D eigenvalue weighted by molar-refractivity contribution is -0.142. The molecule has 196 valence electrons. The van der Waals surface area contributed by atoms with Gasteiger partial charge in [-0.3, -0.25) is 0 Å². The molecule has 38 heavy (non-hydrogen) atoms. The van der Waals surface area contributed by atoms with Crippen molar-refractivity contribution in [2.45, 2.75) is 24.8 Å². The van der Waals surface area contributed by atoms with E-state index < -0.39 is 18.1 Å². The molecule has 0 saturated heterocycles. The third-order valence-corrected chi connectivity index (χ3v) is 7.27. The van der Waals surface area contributed by atoms with Crippen LogP contribution < -0.4 is 10.1 Å². The number of esters is 1. The van der Waals surface area contributed by atoms with E-state index in [0.717, 1.165) is 52.7 Å². The Labute approximate surface area is 226 Å². The zero-order valence-electron chi connectivity index (χ0n) is 21.3. The van der Waals surface area contributed by atoms with E-state index in [1.165, 1.54) is 7.11 Å². The van der Waals surface area contributed by atoms with E-state index in [9.17, 15) is 9.59 Å². The number of nitrogens with one attached hydrogen (secondary N) is 1. The zero-order valence-corrected chi connectivity index (χ0v) is 22.0. The molecular formula is C30H29ClN2O5. The molecule has 3 aromatic carbocycles. The highest BCUT2D eigenvalue weighted by molar-refractivity contribution is 6.32. The molecule has 4 aromatic rings. The van der Waals surface area contributed by atoms with Gasteiger partial charge in [-0.25, -0.2) is 9.59 Å². The average Bonchev–Trinajstić information content (AvgIpc) is 3.35. The summed E-state index contributed by atoms with van der Waals surface area (Å²) in [4.78, 5) is 27.6. The monoisotopic (exact) mass is 532 g/mol. The predicted molar refractivity (Wildman–Crippen MR) is 146 cm³/mol. The highest BCUT2D eigenvalue weighted by Gasteiger charge is 2.28. The summed E-state index contributed by atoms with van der Waals surface area (Å²) in [5.41, 5.74) is 4.91. The summed E-state index contributed by atoms with van der Waals surface area (Å²) in [5.74, 6) is -0.350. The van der Waals surface area contributed by atoms with Gasteiger partial charge in [0.2, 0.25) is 0 Å². The number of halogens is 1. The average molecular weight is 533 g/mol. The number of rotatable bonds is 6. The fourth-order valence-corrected chi connectivity index (χ4v) is 5.28. The van der Waals surface area contributed by atoms with Crippen molar-refractivity contribution >= 4 is 34.6 Å². The normalized spacial score (nSPS) is 16.3. The van der Waals surface area contributed by atoms with Crippen molar-refractivity contribution in [2.75, 3.05) is 27.2 Å². The number of para-hydroxylation sites is 1. The predicted octanol–water partition coefficient (Wildman–Crippen LogP) is 5.58. The molecular weight excluding hydrogens is 504 g/mol. The van der Waals surface area contributed by atoms with E-state index in [0.29, 0.717) is 5.02 Å². The number of likely N-dealkylation sites (N-methyl/N-ethyl adjacent to an activating group) is 1. The van der Waals surface area contributed by atoms with Gasteiger partial charge in [-0.2, -0.15) is 0 Å². The van der Waals surface area contributed by atoms with Crippen molar-refractivity contribution < 1.29 is 23.5 Å². The molecule has 0 saturated carbocycles. The van der Waals surface area contributed by atoms with E-state index in [1.54, 1.807) is 6.26 Å². The largest absolute Gasteiger partial charge is 0.467 e. The van der Waals surface area contributed by atoms with Crippen LogP contribution in [0.3, 0.4) is 0 Å². The molecule has 1 aliphatic heterocycles. The van der Waals surface area contributed by atoms with Crippen LogP contribution in [0.5, 0.6) is 5.75 Å². The summed E-state index contributed by atoms with van der Waals surface area (Å²) in [5, 5.41) is 4.00. The highest BCUT2D eigenvalue weighted by atomic mass is 35.5. The van der Waals surface area contributed by atoms with Gasteiger partial charge in [0.1, 0.15) is 11.6 Å². The van der Waals surface area contributed by atoms with Crippen molar-refractivity contribution in [3.05, 3.63) is 100 Å². The first-order valence-electron chi connectivity index (χ1n) is 12.5. The Kier molecular flexibility index (Phi) is 7.67. The fraction of sp³-hybridized carbons (Fsp3) is 0.267. The van der Waals surface area contributed by atoms with E-state index in [2.05, 4.69) is 23.3 Å². The Morgan fingerprint density at radius 2 is 1.92 bits per heavy atom. The molecule has 7 nitrogen and oxygen atoms in total. The van der Waals surface area contributed by atoms with E-state index in [1.807, 2.05) is 60.7 Å². The Bertz CT molecular complexity index is 1450. The van der Waals surface area contributed by atoms with Gasteiger partial charge in [-0.05, 0) is 48.4 Å². The molecule has 1 amide bonds. The number of benzene rings is 3. The number of hydrogen-bond donors (Lipinski definition) is 1. The molecule has 0 aliphatic carbocycles. The number of nitrogens with zero attached hydrogens (tertiary/aromatic N) is 1. The van der Waals surface area contributed by atoms with Gasteiger partial charge in [-0.1, -0.05) is 60.1 Å². The Balaban J connectivity index is 1.43. The Hall–Kier alpha value is -3.81. The molecule has 5 rings (SSSR count). The standard InChI is InChI=1S/C30H29ClN2O5/c1-33-13-11-21-16-25(31)27(17-23(21)24(18-33)22-10-6-9-20-12-14-37-28(20)22)38-30(35)32-26(29(34)36-2)15-19-7-4-3-5-8-19/h3-10,12,14,16-17,24,26H,11,13,15,18H2,1-2H3,(H,32,35)/t24?,26-/m0/s1. The molecule has 2 atom stereocenters. The second-order valence-electron chi connectivity index (χ2n) is 9.53. The first-order chi connectivity index (χ1) is 18.4. The summed E-state index contributed by atoms with van der Waals surface area (Å²) in [6, 6.07) is 20.3. The summed E-state index contributed by atoms with van der Waals surface area (Å²) >= 11 is 6.59. The lowest BCUT2D eigenvalue weighted by Gasteiger charge is -2.23. The minimum atomic E-state index is -0.910. The number of amides is 1. The summed E-state index contributed by atoms with van der Waals surface area (Å²) in [6.07, 6.45) is 1.99. The first kappa shape index (κ1) is 25.8. The molecule has 1 N–H and O–H groups in total. The third kappa shape index (κ3) is 5.54. The summed E-state index contributed by atoms with van der Waals surface area (Å²) in [7, 11) is 3.38. The third-order valence-electron chi connectivity index (χ3n) is 6.97. The number of ether oxygens (including phenoxy) is 2. The zero-order chi connectivity index (χ0) is 26.6. The van der Waals surface area contributed by atoms with Crippen molar-refractivity contribution in [1.82, 2.24) is 10.2 Å². The van der Waals surface area contributed by atoms with Crippen LogP contribution >= 0.6 is 11.6 Å². The van der Waals surface area contributed by atoms with Crippen LogP contribution in [0.25, 0.3) is 11.0 Å². The van der Waals surface area contributed by atoms with E-state index >= 15 is 0 Å². The number of carbonyl (C=O) groups is 2. The van der Waals surface area contributed by atoms with Gasteiger partial charge in [0.25, 0.3) is 0 Å². The second-order valence-corrected chi connectivity index (χ2v) is 9.94. The topological polar surface area (TPSA) is 81.0 Å². The minimum absolute atomic E-state index is 0.0177. The smallest absolute Gasteiger partial charge is 0.413 e. The molecule has 0 spiro atoms. The molecule has 1 aliphatic rings. The second kappa shape index (κ2) is 11.3. The highest BCUT2D eigenvalue weighted by Crippen LogP contribution is 2.39. The maximum absolute atomic E-state index is 12.9. The van der Waals surface area contributed by atoms with Crippen LogP contribution in [0.4, 0.5) is 4.79 Å². The molecule has 8 heteroatoms. The van der Waals surface area contributed by atoms with Crippen LogP contribution in [0, 0.1) is 0 Å². The van der Waals surface area contributed by atoms with Crippen LogP contribution in [0.1, 0.15) is 28.2 Å². The first-order valence-corrected chi connectivity index (χ1v) is 12.9. The van der Waals surface area contributed by atoms with Crippen LogP contribution in [-0.4, -0.2) is 50.3 Å². The maximum atomic E-state index is 12.9. The quantitative estimate of drug-likeness (QED) is 0.327. The lowest BCUT2D eigenvalue weighted by atomic mass is 9.87. The summed E-state index contributed by atoms with van der Waals surface area (Å²) in [6.45, 7) is 1.64. The Morgan fingerprint density at radius 3 is 2.71 bits per heavy atom. The summed E-state index contributed by atoms with van der Waals surface area (Å²) < 4.78 is 16.4. The minimum Gasteiger partial charge on any atom is -0.467 e. The number of methoxy groups -OCH3 is 1. The number of furan rings is 1. The van der Waals surface area contributed by atoms with Crippen LogP contribution in [0.15, 0.2) is 77.4 Å². The van der Waals surface area contributed by atoms with E-state index in [-0.39, 0.29) is 18.1 Å². The van der Waals surface area contributed by atoms with Gasteiger partial charge in [0.05, 0.1) is 18.4 Å². The van der Waals surface area contributed by atoms with Gasteiger partial charge >= 0.3 is 12.1 Å². The molecule has 0 radical (unpaired) electrons. The fourth-order valence-electron chi connectivity index (χ4n) is 5.06. The molecule has 1 aromatic heterocycles. The van der Waals surface area contributed by atoms with Crippen molar-refractivity contribution in [3.8, 4) is 5.75 Å². The van der Waals surface area contributed by atoms with Gasteiger partial charge in [0, 0.05) is 36.4 Å². The van der Waals surface area contributed by atoms with Gasteiger partial charge in [-0.15, -0.1) is 0 Å². The molecule has 1 unspecified atom stereocenters. The van der Waals surface area contributed by atoms with Crippen molar-refractivity contribution in [1.29, 1.82) is 0 Å². The number of carbonyl (C=O) groups excluding carboxylic acids is 2. The number of fused-ring (bicyclic) bond motifs is 2. The molecule has 0 fully saturated rings. The maximum Gasteiger partial charge on any atom is 0.413 e. The van der Waals surface area contributed by atoms with Gasteiger partial charge < -0.3 is 24.1 Å². The Morgan fingerprint density at radius 1 is 1.11 bits per heavy atom.